The summed E-state index contributed by atoms with van der Waals surface area (Å²) in [6.07, 6.45) is 0. The third kappa shape index (κ3) is 1.93. The Morgan fingerprint density at radius 3 is 2.67 bits per heavy atom. The van der Waals surface area contributed by atoms with E-state index in [1.54, 1.807) is 0 Å². The van der Waals surface area contributed by atoms with Crippen LogP contribution in [0.3, 0.4) is 0 Å². The molecule has 15 heavy (non-hydrogen) atoms. The summed E-state index contributed by atoms with van der Waals surface area (Å²) in [5.74, 6) is 2.88. The molecule has 0 amide bonds. The molecule has 1 aliphatic heterocycles. The number of fused-ring (bicyclic) bond motifs is 1. The quantitative estimate of drug-likeness (QED) is 0.728. The minimum absolute atomic E-state index is 0.217. The second kappa shape index (κ2) is 4.18. The Morgan fingerprint density at radius 2 is 1.93 bits per heavy atom. The van der Waals surface area contributed by atoms with Crippen LogP contribution in [0.4, 0.5) is 0 Å². The van der Waals surface area contributed by atoms with E-state index in [-0.39, 0.29) is 6.04 Å². The summed E-state index contributed by atoms with van der Waals surface area (Å²) in [6, 6.07) is 4.64. The smallest absolute Gasteiger partial charge is 0.0334 e. The van der Waals surface area contributed by atoms with Crippen molar-refractivity contribution in [3.8, 4) is 0 Å². The Kier molecular flexibility index (Phi) is 3.08. The molecule has 1 nitrogen and oxygen atoms in total. The van der Waals surface area contributed by atoms with Gasteiger partial charge in [0.15, 0.2) is 0 Å². The van der Waals surface area contributed by atoms with Crippen molar-refractivity contribution in [2.75, 3.05) is 5.75 Å². The van der Waals surface area contributed by atoms with E-state index in [4.69, 9.17) is 5.73 Å². The molecule has 0 saturated heterocycles. The van der Waals surface area contributed by atoms with Crippen LogP contribution in [0.25, 0.3) is 0 Å². The lowest BCUT2D eigenvalue weighted by atomic mass is 9.88. The summed E-state index contributed by atoms with van der Waals surface area (Å²) in [4.78, 5) is 0. The van der Waals surface area contributed by atoms with Gasteiger partial charge in [-0.15, -0.1) is 0 Å². The summed E-state index contributed by atoms with van der Waals surface area (Å²) in [5.41, 5.74) is 12.0. The zero-order valence-electron chi connectivity index (χ0n) is 9.71. The molecule has 82 valence electrons. The maximum absolute atomic E-state index is 6.35. The van der Waals surface area contributed by atoms with Gasteiger partial charge in [0.2, 0.25) is 0 Å². The second-order valence-corrected chi connectivity index (χ2v) is 5.64. The van der Waals surface area contributed by atoms with Gasteiger partial charge in [-0.3, -0.25) is 0 Å². The lowest BCUT2D eigenvalue weighted by molar-refractivity contribution is 0.521. The van der Waals surface area contributed by atoms with E-state index in [2.05, 4.69) is 32.9 Å². The van der Waals surface area contributed by atoms with E-state index < -0.39 is 0 Å². The van der Waals surface area contributed by atoms with Crippen molar-refractivity contribution >= 4 is 11.8 Å². The summed E-state index contributed by atoms with van der Waals surface area (Å²) in [7, 11) is 0. The fourth-order valence-electron chi connectivity index (χ4n) is 2.28. The Labute approximate surface area is 96.4 Å². The van der Waals surface area contributed by atoms with Crippen LogP contribution >= 0.6 is 11.8 Å². The van der Waals surface area contributed by atoms with Crippen molar-refractivity contribution in [1.82, 2.24) is 0 Å². The highest BCUT2D eigenvalue weighted by atomic mass is 32.2. The molecule has 1 aromatic carbocycles. The van der Waals surface area contributed by atoms with Gasteiger partial charge in [-0.25, -0.2) is 0 Å². The van der Waals surface area contributed by atoms with Gasteiger partial charge in [0.05, 0.1) is 0 Å². The number of aryl methyl sites for hydroxylation is 2. The Bertz CT molecular complexity index is 373. The molecule has 0 radical (unpaired) electrons. The molecule has 1 aliphatic rings. The molecule has 2 N–H and O–H groups in total. The van der Waals surface area contributed by atoms with Crippen LogP contribution in [0, 0.1) is 19.8 Å². The molecule has 0 spiro atoms. The molecular formula is C13H19NS. The van der Waals surface area contributed by atoms with Crippen LogP contribution in [0.2, 0.25) is 0 Å². The second-order valence-electron chi connectivity index (χ2n) is 4.61. The minimum atomic E-state index is 0.217. The first kappa shape index (κ1) is 11.0. The Balaban J connectivity index is 2.57. The SMILES string of the molecule is Cc1ccc(C)c2c1CSCC(C)C2N. The van der Waals surface area contributed by atoms with Crippen molar-refractivity contribution < 1.29 is 0 Å². The van der Waals surface area contributed by atoms with Crippen LogP contribution in [0.5, 0.6) is 0 Å². The average Bonchev–Trinajstić information content (AvgIpc) is 2.35. The van der Waals surface area contributed by atoms with E-state index in [0.29, 0.717) is 5.92 Å². The molecule has 1 aromatic rings. The fraction of sp³-hybridized carbons (Fsp3) is 0.538. The van der Waals surface area contributed by atoms with Crippen molar-refractivity contribution in [3.05, 3.63) is 34.4 Å². The van der Waals surface area contributed by atoms with Gasteiger partial charge < -0.3 is 5.73 Å². The van der Waals surface area contributed by atoms with Gasteiger partial charge in [-0.2, -0.15) is 11.8 Å². The number of thioether (sulfide) groups is 1. The van der Waals surface area contributed by atoms with Crippen molar-refractivity contribution in [2.45, 2.75) is 32.6 Å². The first-order chi connectivity index (χ1) is 7.11. The van der Waals surface area contributed by atoms with Crippen molar-refractivity contribution in [3.63, 3.8) is 0 Å². The first-order valence-electron chi connectivity index (χ1n) is 5.53. The number of hydrogen-bond donors (Lipinski definition) is 1. The van der Waals surface area contributed by atoms with Gasteiger partial charge in [0.1, 0.15) is 0 Å². The van der Waals surface area contributed by atoms with E-state index in [9.17, 15) is 0 Å². The number of nitrogens with two attached hydrogens (primary N) is 1. The Hall–Kier alpha value is -0.470. The molecule has 2 rings (SSSR count). The zero-order valence-corrected chi connectivity index (χ0v) is 10.5. The van der Waals surface area contributed by atoms with Crippen molar-refractivity contribution in [2.24, 2.45) is 11.7 Å². The lowest BCUT2D eigenvalue weighted by Gasteiger charge is -2.21. The van der Waals surface area contributed by atoms with Gasteiger partial charge in [-0.1, -0.05) is 19.1 Å². The standard InChI is InChI=1S/C13H19NS/c1-8-4-5-9(2)12-11(8)7-15-6-10(3)13(12)14/h4-5,10,13H,6-7,14H2,1-3H3. The van der Waals surface area contributed by atoms with Gasteiger partial charge >= 0.3 is 0 Å². The fourth-order valence-corrected chi connectivity index (χ4v) is 3.57. The predicted molar refractivity (Wildman–Crippen MR) is 68.2 cm³/mol. The minimum Gasteiger partial charge on any atom is -0.324 e. The van der Waals surface area contributed by atoms with E-state index in [1.807, 2.05) is 11.8 Å². The maximum Gasteiger partial charge on any atom is 0.0334 e. The van der Waals surface area contributed by atoms with Crippen molar-refractivity contribution in [1.29, 1.82) is 0 Å². The van der Waals surface area contributed by atoms with Gasteiger partial charge in [0.25, 0.3) is 0 Å². The highest BCUT2D eigenvalue weighted by Crippen LogP contribution is 2.36. The molecule has 0 aliphatic carbocycles. The first-order valence-corrected chi connectivity index (χ1v) is 6.69. The zero-order chi connectivity index (χ0) is 11.0. The molecule has 0 bridgehead atoms. The molecule has 2 atom stereocenters. The van der Waals surface area contributed by atoms with Crippen LogP contribution in [-0.2, 0) is 5.75 Å². The lowest BCUT2D eigenvalue weighted by Crippen LogP contribution is -2.21. The van der Waals surface area contributed by atoms with Gasteiger partial charge in [-0.05, 0) is 47.8 Å². The van der Waals surface area contributed by atoms with E-state index in [1.165, 1.54) is 28.0 Å². The monoisotopic (exact) mass is 221 g/mol. The summed E-state index contributed by atoms with van der Waals surface area (Å²) >= 11 is 2.01. The summed E-state index contributed by atoms with van der Waals surface area (Å²) < 4.78 is 0. The molecule has 0 fully saturated rings. The largest absolute Gasteiger partial charge is 0.324 e. The normalized spacial score (nSPS) is 25.9. The number of benzene rings is 1. The summed E-state index contributed by atoms with van der Waals surface area (Å²) in [6.45, 7) is 6.64. The third-order valence-corrected chi connectivity index (χ3v) is 4.64. The molecule has 0 saturated carbocycles. The summed E-state index contributed by atoms with van der Waals surface area (Å²) in [5, 5.41) is 0. The van der Waals surface area contributed by atoms with Crippen LogP contribution < -0.4 is 5.73 Å². The maximum atomic E-state index is 6.35. The van der Waals surface area contributed by atoms with Crippen LogP contribution in [0.1, 0.15) is 35.2 Å². The van der Waals surface area contributed by atoms with E-state index in [0.717, 1.165) is 5.75 Å². The topological polar surface area (TPSA) is 26.0 Å². The molecular weight excluding hydrogens is 202 g/mol. The van der Waals surface area contributed by atoms with Gasteiger partial charge in [0, 0.05) is 11.8 Å². The third-order valence-electron chi connectivity index (χ3n) is 3.38. The molecule has 0 aromatic heterocycles. The molecule has 2 heteroatoms. The van der Waals surface area contributed by atoms with Crippen LogP contribution in [0.15, 0.2) is 12.1 Å². The highest BCUT2D eigenvalue weighted by molar-refractivity contribution is 7.98. The average molecular weight is 221 g/mol. The highest BCUT2D eigenvalue weighted by Gasteiger charge is 2.24. The van der Waals surface area contributed by atoms with Crippen LogP contribution in [-0.4, -0.2) is 5.75 Å². The predicted octanol–water partition coefficient (Wildman–Crippen LogP) is 3.19. The number of hydrogen-bond acceptors (Lipinski definition) is 2. The molecule has 2 unspecified atom stereocenters. The number of rotatable bonds is 0. The molecule has 1 heterocycles. The Morgan fingerprint density at radius 1 is 1.27 bits per heavy atom. The van der Waals surface area contributed by atoms with E-state index >= 15 is 0 Å².